The van der Waals surface area contributed by atoms with Crippen LogP contribution in [0.2, 0.25) is 6.82 Å². The molecule has 2 heterocycles. The zero-order valence-corrected chi connectivity index (χ0v) is 12.4. The Kier molecular flexibility index (Phi) is 3.54. The SMILES string of the molecule is [C-]#[N+]c1ccc(N(C)c2ccc3c(c2)COB3C)nc1[N+]#[C-]. The summed E-state index contributed by atoms with van der Waals surface area (Å²) >= 11 is 0. The van der Waals surface area contributed by atoms with Crippen molar-refractivity contribution in [1.29, 1.82) is 0 Å². The molecule has 0 fully saturated rings. The van der Waals surface area contributed by atoms with E-state index in [1.54, 1.807) is 12.1 Å². The van der Waals surface area contributed by atoms with Crippen LogP contribution >= 0.6 is 0 Å². The fourth-order valence-corrected chi connectivity index (χ4v) is 2.55. The third-order valence-electron chi connectivity index (χ3n) is 3.85. The molecule has 0 saturated heterocycles. The van der Waals surface area contributed by atoms with Crippen LogP contribution in [-0.2, 0) is 11.3 Å². The highest BCUT2D eigenvalue weighted by molar-refractivity contribution is 6.67. The van der Waals surface area contributed by atoms with Gasteiger partial charge in [0.05, 0.1) is 13.2 Å². The van der Waals surface area contributed by atoms with Crippen molar-refractivity contribution >= 4 is 35.4 Å². The van der Waals surface area contributed by atoms with Crippen molar-refractivity contribution in [2.45, 2.75) is 13.4 Å². The molecule has 0 spiro atoms. The van der Waals surface area contributed by atoms with E-state index >= 15 is 0 Å². The number of fused-ring (bicyclic) bond motifs is 1. The summed E-state index contributed by atoms with van der Waals surface area (Å²) in [6, 6.07) is 9.57. The lowest BCUT2D eigenvalue weighted by Gasteiger charge is -2.17. The molecule has 0 atom stereocenters. The minimum absolute atomic E-state index is 0.137. The third kappa shape index (κ3) is 2.30. The minimum Gasteiger partial charge on any atom is -0.427 e. The quantitative estimate of drug-likeness (QED) is 0.628. The van der Waals surface area contributed by atoms with Gasteiger partial charge in [0.1, 0.15) is 0 Å². The summed E-state index contributed by atoms with van der Waals surface area (Å²) in [4.78, 5) is 12.8. The van der Waals surface area contributed by atoms with Crippen molar-refractivity contribution < 1.29 is 4.65 Å². The van der Waals surface area contributed by atoms with Gasteiger partial charge in [-0.25, -0.2) is 4.85 Å². The van der Waals surface area contributed by atoms with Crippen LogP contribution in [-0.4, -0.2) is 18.9 Å². The molecule has 0 aliphatic carbocycles. The van der Waals surface area contributed by atoms with Gasteiger partial charge in [-0.3, -0.25) is 0 Å². The summed E-state index contributed by atoms with van der Waals surface area (Å²) in [7, 11) is 1.90. The van der Waals surface area contributed by atoms with E-state index in [-0.39, 0.29) is 18.4 Å². The number of anilines is 2. The summed E-state index contributed by atoms with van der Waals surface area (Å²) in [6.45, 7) is 17.0. The van der Waals surface area contributed by atoms with Gasteiger partial charge >= 0.3 is 6.92 Å². The van der Waals surface area contributed by atoms with Crippen molar-refractivity contribution in [2.24, 2.45) is 0 Å². The highest BCUT2D eigenvalue weighted by Crippen LogP contribution is 2.31. The second kappa shape index (κ2) is 5.52. The Morgan fingerprint density at radius 1 is 1.23 bits per heavy atom. The van der Waals surface area contributed by atoms with Gasteiger partial charge in [-0.1, -0.05) is 25.5 Å². The highest BCUT2D eigenvalue weighted by Gasteiger charge is 2.24. The molecule has 6 heteroatoms. The topological polar surface area (TPSA) is 34.1 Å². The maximum atomic E-state index is 7.14. The number of benzene rings is 1. The smallest absolute Gasteiger partial charge is 0.324 e. The molecule has 0 unspecified atom stereocenters. The molecule has 0 radical (unpaired) electrons. The lowest BCUT2D eigenvalue weighted by atomic mass is 9.64. The lowest BCUT2D eigenvalue weighted by molar-refractivity contribution is 0.333. The predicted molar refractivity (Wildman–Crippen MR) is 87.3 cm³/mol. The van der Waals surface area contributed by atoms with Gasteiger partial charge in [-0.05, 0) is 29.2 Å². The zero-order valence-electron chi connectivity index (χ0n) is 12.4. The van der Waals surface area contributed by atoms with Gasteiger partial charge in [0.15, 0.2) is 0 Å². The van der Waals surface area contributed by atoms with Crippen LogP contribution in [0.3, 0.4) is 0 Å². The molecular weight excluding hydrogens is 275 g/mol. The molecule has 106 valence electrons. The summed E-state index contributed by atoms with van der Waals surface area (Å²) in [5.41, 5.74) is 3.66. The second-order valence-electron chi connectivity index (χ2n) is 5.13. The first kappa shape index (κ1) is 14.1. The van der Waals surface area contributed by atoms with E-state index in [0.717, 1.165) is 5.69 Å². The van der Waals surface area contributed by atoms with E-state index in [4.69, 9.17) is 17.8 Å². The Morgan fingerprint density at radius 3 is 2.77 bits per heavy atom. The number of hydrogen-bond acceptors (Lipinski definition) is 3. The molecular formula is C16H13BN4O. The zero-order chi connectivity index (χ0) is 15.7. The first-order valence-corrected chi connectivity index (χ1v) is 6.88. The first-order valence-electron chi connectivity index (χ1n) is 6.88. The van der Waals surface area contributed by atoms with Crippen LogP contribution in [0, 0.1) is 13.1 Å². The second-order valence-corrected chi connectivity index (χ2v) is 5.13. The van der Waals surface area contributed by atoms with E-state index in [2.05, 4.69) is 26.8 Å². The number of rotatable bonds is 2. The Balaban J connectivity index is 1.97. The third-order valence-corrected chi connectivity index (χ3v) is 3.85. The van der Waals surface area contributed by atoms with E-state index in [1.165, 1.54) is 11.0 Å². The molecule has 3 rings (SSSR count). The number of nitrogens with zero attached hydrogens (tertiary/aromatic N) is 4. The fourth-order valence-electron chi connectivity index (χ4n) is 2.55. The molecule has 0 N–H and O–H groups in total. The fraction of sp³-hybridized carbons (Fsp3) is 0.188. The molecule has 1 aliphatic heterocycles. The molecule has 22 heavy (non-hydrogen) atoms. The summed E-state index contributed by atoms with van der Waals surface area (Å²) < 4.78 is 5.62. The van der Waals surface area contributed by atoms with E-state index < -0.39 is 0 Å². The van der Waals surface area contributed by atoms with Gasteiger partial charge < -0.3 is 14.4 Å². The normalized spacial score (nSPS) is 12.5. The molecule has 0 bridgehead atoms. The van der Waals surface area contributed by atoms with Gasteiger partial charge in [0.2, 0.25) is 11.5 Å². The minimum atomic E-state index is 0.137. The number of pyridine rings is 1. The van der Waals surface area contributed by atoms with Crippen LogP contribution in [0.5, 0.6) is 0 Å². The molecule has 1 aliphatic rings. The highest BCUT2D eigenvalue weighted by atomic mass is 16.4. The Morgan fingerprint density at radius 2 is 2.05 bits per heavy atom. The van der Waals surface area contributed by atoms with Crippen LogP contribution in [0.25, 0.3) is 9.69 Å². The first-order chi connectivity index (χ1) is 10.6. The summed E-state index contributed by atoms with van der Waals surface area (Å²) in [6.07, 6.45) is 0. The van der Waals surface area contributed by atoms with Gasteiger partial charge in [0.25, 0.3) is 5.82 Å². The Hall–Kier alpha value is -2.83. The molecule has 5 nitrogen and oxygen atoms in total. The van der Waals surface area contributed by atoms with Crippen molar-refractivity contribution in [3.8, 4) is 0 Å². The standard InChI is InChI=1S/C16H13BN4O/c1-17-13-6-5-12(9-11(13)10-22-17)21(4)15-8-7-14(18-2)16(19-3)20-15/h5-9H,10H2,1,4H3. The molecule has 0 amide bonds. The Bertz CT molecular complexity index is 822. The van der Waals surface area contributed by atoms with Crippen molar-refractivity contribution in [3.05, 3.63) is 58.7 Å². The average Bonchev–Trinajstić information content (AvgIpc) is 2.94. The summed E-state index contributed by atoms with van der Waals surface area (Å²) in [5, 5.41) is 0. The van der Waals surface area contributed by atoms with Crippen LogP contribution in [0.4, 0.5) is 23.0 Å². The lowest BCUT2D eigenvalue weighted by Crippen LogP contribution is -2.24. The average molecular weight is 288 g/mol. The van der Waals surface area contributed by atoms with E-state index in [0.29, 0.717) is 12.4 Å². The molecule has 1 aromatic carbocycles. The van der Waals surface area contributed by atoms with Crippen molar-refractivity contribution in [3.63, 3.8) is 0 Å². The Labute approximate surface area is 129 Å². The monoisotopic (exact) mass is 288 g/mol. The number of hydrogen-bond donors (Lipinski definition) is 0. The maximum absolute atomic E-state index is 7.14. The van der Waals surface area contributed by atoms with Gasteiger partial charge in [-0.15, -0.1) is 4.98 Å². The van der Waals surface area contributed by atoms with Crippen molar-refractivity contribution in [2.75, 3.05) is 11.9 Å². The van der Waals surface area contributed by atoms with Crippen LogP contribution in [0.1, 0.15) is 5.56 Å². The van der Waals surface area contributed by atoms with Crippen LogP contribution < -0.4 is 10.4 Å². The largest absolute Gasteiger partial charge is 0.427 e. The molecule has 1 aromatic heterocycles. The molecule has 0 saturated carbocycles. The van der Waals surface area contributed by atoms with Crippen LogP contribution in [0.15, 0.2) is 30.3 Å². The number of aromatic nitrogens is 1. The van der Waals surface area contributed by atoms with Crippen molar-refractivity contribution in [1.82, 2.24) is 4.98 Å². The van der Waals surface area contributed by atoms with Gasteiger partial charge in [0, 0.05) is 12.7 Å². The predicted octanol–water partition coefficient (Wildman–Crippen LogP) is 3.31. The van der Waals surface area contributed by atoms with E-state index in [1.807, 2.05) is 24.8 Å². The van der Waals surface area contributed by atoms with E-state index in [9.17, 15) is 0 Å². The maximum Gasteiger partial charge on any atom is 0.324 e. The van der Waals surface area contributed by atoms with Gasteiger partial charge in [-0.2, -0.15) is 0 Å². The molecule has 2 aromatic rings. The summed E-state index contributed by atoms with van der Waals surface area (Å²) in [5.74, 6) is 0.780.